The van der Waals surface area contributed by atoms with E-state index in [-0.39, 0.29) is 6.61 Å². The van der Waals surface area contributed by atoms with E-state index in [2.05, 4.69) is 5.32 Å². The van der Waals surface area contributed by atoms with Crippen molar-refractivity contribution >= 4 is 0 Å². The van der Waals surface area contributed by atoms with E-state index >= 15 is 0 Å². The average molecular weight is 176 g/mol. The molecule has 13 heavy (non-hydrogen) atoms. The van der Waals surface area contributed by atoms with Gasteiger partial charge in [0.25, 0.3) is 0 Å². The van der Waals surface area contributed by atoms with Gasteiger partial charge in [-0.1, -0.05) is 24.3 Å². The molecule has 0 amide bonds. The third-order valence-corrected chi connectivity index (χ3v) is 1.74. The molecule has 0 aliphatic heterocycles. The molecule has 0 saturated carbocycles. The summed E-state index contributed by atoms with van der Waals surface area (Å²) in [5, 5.41) is 20.0. The second kappa shape index (κ2) is 5.31. The number of hydrogen-bond donors (Lipinski definition) is 2. The number of aliphatic hydroxyl groups excluding tert-OH is 1. The number of nitriles is 1. The molecule has 1 aromatic carbocycles. The van der Waals surface area contributed by atoms with Crippen LogP contribution in [0.1, 0.15) is 11.1 Å². The number of nitrogens with one attached hydrogen (secondary N) is 1. The van der Waals surface area contributed by atoms with Crippen molar-refractivity contribution in [2.45, 2.75) is 13.2 Å². The number of nitrogens with zero attached hydrogens (tertiary/aromatic N) is 1. The molecule has 0 bridgehead atoms. The lowest BCUT2D eigenvalue weighted by molar-refractivity contribution is 0.282. The lowest BCUT2D eigenvalue weighted by Crippen LogP contribution is -2.12. The minimum atomic E-state index is 0.0753. The summed E-state index contributed by atoms with van der Waals surface area (Å²) in [6, 6.07) is 9.65. The standard InChI is InChI=1S/C10H12N2O/c11-5-6-12-7-9-1-3-10(8-13)4-2-9/h1-4,12-13H,6-8H2. The van der Waals surface area contributed by atoms with Crippen molar-refractivity contribution in [1.29, 1.82) is 5.26 Å². The highest BCUT2D eigenvalue weighted by atomic mass is 16.3. The van der Waals surface area contributed by atoms with Gasteiger partial charge in [-0.15, -0.1) is 0 Å². The fourth-order valence-corrected chi connectivity index (χ4v) is 1.03. The van der Waals surface area contributed by atoms with Crippen LogP contribution in [0.15, 0.2) is 24.3 Å². The molecule has 0 aliphatic rings. The van der Waals surface area contributed by atoms with Crippen LogP contribution in [-0.4, -0.2) is 11.7 Å². The fourth-order valence-electron chi connectivity index (χ4n) is 1.03. The van der Waals surface area contributed by atoms with Crippen molar-refractivity contribution in [2.24, 2.45) is 0 Å². The van der Waals surface area contributed by atoms with Crippen LogP contribution in [0.2, 0.25) is 0 Å². The second-order valence-corrected chi connectivity index (χ2v) is 2.74. The Morgan fingerprint density at radius 1 is 1.23 bits per heavy atom. The molecule has 0 heterocycles. The van der Waals surface area contributed by atoms with Crippen molar-refractivity contribution < 1.29 is 5.11 Å². The summed E-state index contributed by atoms with van der Waals surface area (Å²) in [7, 11) is 0. The molecule has 0 atom stereocenters. The molecule has 3 nitrogen and oxygen atoms in total. The first-order chi connectivity index (χ1) is 6.36. The highest BCUT2D eigenvalue weighted by molar-refractivity contribution is 5.21. The zero-order chi connectivity index (χ0) is 9.52. The average Bonchev–Trinajstić information content (AvgIpc) is 2.19. The van der Waals surface area contributed by atoms with Crippen LogP contribution in [0.4, 0.5) is 0 Å². The SMILES string of the molecule is N#CCNCc1ccc(CO)cc1. The largest absolute Gasteiger partial charge is 0.392 e. The summed E-state index contributed by atoms with van der Waals surface area (Å²) < 4.78 is 0. The molecular weight excluding hydrogens is 164 g/mol. The van der Waals surface area contributed by atoms with Crippen LogP contribution < -0.4 is 5.32 Å². The Bertz CT molecular complexity index is 287. The number of hydrogen-bond acceptors (Lipinski definition) is 3. The minimum absolute atomic E-state index is 0.0753. The lowest BCUT2D eigenvalue weighted by Gasteiger charge is -2.01. The van der Waals surface area contributed by atoms with Crippen molar-refractivity contribution in [1.82, 2.24) is 5.32 Å². The maximum Gasteiger partial charge on any atom is 0.0843 e. The Morgan fingerprint density at radius 3 is 2.38 bits per heavy atom. The quantitative estimate of drug-likeness (QED) is 0.527. The van der Waals surface area contributed by atoms with Gasteiger partial charge in [0, 0.05) is 6.54 Å². The van der Waals surface area contributed by atoms with E-state index in [1.807, 2.05) is 30.3 Å². The first-order valence-corrected chi connectivity index (χ1v) is 4.13. The van der Waals surface area contributed by atoms with Crippen molar-refractivity contribution in [3.8, 4) is 6.07 Å². The monoisotopic (exact) mass is 176 g/mol. The normalized spacial score (nSPS) is 9.54. The molecule has 3 heteroatoms. The molecule has 0 aliphatic carbocycles. The molecule has 0 fully saturated rings. The van der Waals surface area contributed by atoms with E-state index in [0.29, 0.717) is 13.1 Å². The van der Waals surface area contributed by atoms with Gasteiger partial charge < -0.3 is 10.4 Å². The van der Waals surface area contributed by atoms with Gasteiger partial charge in [0.05, 0.1) is 19.2 Å². The summed E-state index contributed by atoms with van der Waals surface area (Å²) in [6.45, 7) is 1.13. The highest BCUT2D eigenvalue weighted by Gasteiger charge is 1.92. The van der Waals surface area contributed by atoms with Crippen LogP contribution in [0, 0.1) is 11.3 Å². The van der Waals surface area contributed by atoms with Crippen molar-refractivity contribution in [3.63, 3.8) is 0 Å². The Hall–Kier alpha value is -1.37. The highest BCUT2D eigenvalue weighted by Crippen LogP contribution is 2.03. The molecule has 2 N–H and O–H groups in total. The van der Waals surface area contributed by atoms with Gasteiger partial charge in [-0.25, -0.2) is 0 Å². The van der Waals surface area contributed by atoms with E-state index < -0.39 is 0 Å². The zero-order valence-corrected chi connectivity index (χ0v) is 7.33. The molecule has 0 radical (unpaired) electrons. The van der Waals surface area contributed by atoms with E-state index in [1.165, 1.54) is 0 Å². The fraction of sp³-hybridized carbons (Fsp3) is 0.300. The van der Waals surface area contributed by atoms with Crippen LogP contribution in [0.3, 0.4) is 0 Å². The molecule has 0 aromatic heterocycles. The van der Waals surface area contributed by atoms with E-state index in [1.54, 1.807) is 0 Å². The molecule has 0 saturated heterocycles. The van der Waals surface area contributed by atoms with Gasteiger partial charge in [0.15, 0.2) is 0 Å². The predicted octanol–water partition coefficient (Wildman–Crippen LogP) is 0.792. The van der Waals surface area contributed by atoms with Crippen LogP contribution in [0.5, 0.6) is 0 Å². The molecule has 68 valence electrons. The Balaban J connectivity index is 2.45. The van der Waals surface area contributed by atoms with Crippen molar-refractivity contribution in [2.75, 3.05) is 6.54 Å². The van der Waals surface area contributed by atoms with Crippen molar-refractivity contribution in [3.05, 3.63) is 35.4 Å². The summed E-state index contributed by atoms with van der Waals surface area (Å²) >= 11 is 0. The summed E-state index contributed by atoms with van der Waals surface area (Å²) in [4.78, 5) is 0. The third-order valence-electron chi connectivity index (χ3n) is 1.74. The first kappa shape index (κ1) is 9.72. The smallest absolute Gasteiger partial charge is 0.0843 e. The number of rotatable bonds is 4. The van der Waals surface area contributed by atoms with Crippen LogP contribution in [-0.2, 0) is 13.2 Å². The molecule has 1 rings (SSSR count). The molecule has 1 aromatic rings. The maximum atomic E-state index is 8.78. The Morgan fingerprint density at radius 2 is 1.85 bits per heavy atom. The molecule has 0 unspecified atom stereocenters. The second-order valence-electron chi connectivity index (χ2n) is 2.74. The van der Waals surface area contributed by atoms with Crippen LogP contribution >= 0.6 is 0 Å². The maximum absolute atomic E-state index is 8.78. The van der Waals surface area contributed by atoms with Gasteiger partial charge >= 0.3 is 0 Å². The van der Waals surface area contributed by atoms with Gasteiger partial charge in [-0.05, 0) is 11.1 Å². The van der Waals surface area contributed by atoms with Gasteiger partial charge in [-0.3, -0.25) is 0 Å². The van der Waals surface area contributed by atoms with E-state index in [9.17, 15) is 0 Å². The molecule has 0 spiro atoms. The molecular formula is C10H12N2O. The Kier molecular flexibility index (Phi) is 3.97. The first-order valence-electron chi connectivity index (χ1n) is 4.13. The number of aliphatic hydroxyl groups is 1. The van der Waals surface area contributed by atoms with E-state index in [4.69, 9.17) is 10.4 Å². The van der Waals surface area contributed by atoms with Crippen LogP contribution in [0.25, 0.3) is 0 Å². The Labute approximate surface area is 77.6 Å². The van der Waals surface area contributed by atoms with Gasteiger partial charge in [-0.2, -0.15) is 5.26 Å². The summed E-state index contributed by atoms with van der Waals surface area (Å²) in [6.07, 6.45) is 0. The van der Waals surface area contributed by atoms with E-state index in [0.717, 1.165) is 11.1 Å². The van der Waals surface area contributed by atoms with Gasteiger partial charge in [0.2, 0.25) is 0 Å². The zero-order valence-electron chi connectivity index (χ0n) is 7.33. The summed E-state index contributed by atoms with van der Waals surface area (Å²) in [5.74, 6) is 0. The van der Waals surface area contributed by atoms with Gasteiger partial charge in [0.1, 0.15) is 0 Å². The number of benzene rings is 1. The predicted molar refractivity (Wildman–Crippen MR) is 49.7 cm³/mol. The lowest BCUT2D eigenvalue weighted by atomic mass is 10.1. The summed E-state index contributed by atoms with van der Waals surface area (Å²) in [5.41, 5.74) is 2.02. The topological polar surface area (TPSA) is 56.0 Å². The third kappa shape index (κ3) is 3.24. The minimum Gasteiger partial charge on any atom is -0.392 e.